The van der Waals surface area contributed by atoms with E-state index in [-0.39, 0.29) is 6.54 Å². The lowest BCUT2D eigenvalue weighted by Gasteiger charge is -2.31. The lowest BCUT2D eigenvalue weighted by molar-refractivity contribution is 0.0723. The van der Waals surface area contributed by atoms with Gasteiger partial charge in [-0.3, -0.25) is 4.90 Å². The molecule has 25 heavy (non-hydrogen) atoms. The van der Waals surface area contributed by atoms with Gasteiger partial charge in [0, 0.05) is 30.2 Å². The Kier molecular flexibility index (Phi) is 6.30. The first kappa shape index (κ1) is 19.0. The molecule has 0 bridgehead atoms. The van der Waals surface area contributed by atoms with E-state index in [2.05, 4.69) is 9.62 Å². The van der Waals surface area contributed by atoms with Gasteiger partial charge in [-0.2, -0.15) is 12.7 Å². The van der Waals surface area contributed by atoms with Crippen LogP contribution in [-0.2, 0) is 14.9 Å². The molecule has 2 heterocycles. The topological polar surface area (TPSA) is 61.9 Å². The minimum Gasteiger partial charge on any atom is -0.379 e. The minimum absolute atomic E-state index is 0.0837. The van der Waals surface area contributed by atoms with Crippen LogP contribution in [0.4, 0.5) is 4.39 Å². The normalized spacial score (nSPS) is 21.5. The third-order valence-corrected chi connectivity index (χ3v) is 6.59. The third kappa shape index (κ3) is 4.50. The molecule has 2 aliphatic rings. The van der Waals surface area contributed by atoms with E-state index in [1.54, 1.807) is 12.1 Å². The summed E-state index contributed by atoms with van der Waals surface area (Å²) in [5.41, 5.74) is 0.357. The molecule has 2 aliphatic heterocycles. The molecule has 9 heteroatoms. The van der Waals surface area contributed by atoms with Gasteiger partial charge in [-0.25, -0.2) is 9.11 Å². The summed E-state index contributed by atoms with van der Waals surface area (Å²) in [5, 5.41) is 0.322. The Bertz CT molecular complexity index is 672. The van der Waals surface area contributed by atoms with Gasteiger partial charge >= 0.3 is 0 Å². The van der Waals surface area contributed by atoms with Crippen LogP contribution in [0, 0.1) is 5.82 Å². The maximum absolute atomic E-state index is 14.4. The van der Waals surface area contributed by atoms with Gasteiger partial charge in [-0.05, 0) is 38.1 Å². The Morgan fingerprint density at radius 1 is 1.20 bits per heavy atom. The molecule has 1 atom stereocenters. The van der Waals surface area contributed by atoms with Crippen molar-refractivity contribution in [2.24, 2.45) is 0 Å². The summed E-state index contributed by atoms with van der Waals surface area (Å²) in [7, 11) is -3.63. The Morgan fingerprint density at radius 2 is 1.88 bits per heavy atom. The fourth-order valence-electron chi connectivity index (χ4n) is 3.36. The molecule has 2 saturated heterocycles. The number of hydrogen-bond acceptors (Lipinski definition) is 4. The average Bonchev–Trinajstić information content (AvgIpc) is 3.12. The van der Waals surface area contributed by atoms with Gasteiger partial charge in [-0.1, -0.05) is 17.7 Å². The van der Waals surface area contributed by atoms with Crippen molar-refractivity contribution in [3.8, 4) is 0 Å². The lowest BCUT2D eigenvalue weighted by atomic mass is 10.0. The number of nitrogens with zero attached hydrogens (tertiary/aromatic N) is 2. The van der Waals surface area contributed by atoms with E-state index < -0.39 is 22.1 Å². The molecule has 0 amide bonds. The quantitative estimate of drug-likeness (QED) is 0.803. The lowest BCUT2D eigenvalue weighted by Crippen LogP contribution is -2.48. The molecule has 0 aromatic heterocycles. The number of hydrogen-bond donors (Lipinski definition) is 1. The molecular weight excluding hydrogens is 369 g/mol. The molecule has 6 nitrogen and oxygen atoms in total. The largest absolute Gasteiger partial charge is 0.379 e. The SMILES string of the molecule is O=S(=O)(NCC(c1c(F)cccc1Cl)N1CCCC1)N1CCOCC1. The first-order valence-electron chi connectivity index (χ1n) is 8.49. The van der Waals surface area contributed by atoms with Gasteiger partial charge in [0.2, 0.25) is 0 Å². The van der Waals surface area contributed by atoms with E-state index in [0.717, 1.165) is 25.9 Å². The van der Waals surface area contributed by atoms with Crippen LogP contribution in [0.5, 0.6) is 0 Å². The molecule has 1 aromatic rings. The van der Waals surface area contributed by atoms with Crippen molar-refractivity contribution in [1.82, 2.24) is 13.9 Å². The monoisotopic (exact) mass is 391 g/mol. The van der Waals surface area contributed by atoms with Crippen molar-refractivity contribution in [3.63, 3.8) is 0 Å². The third-order valence-electron chi connectivity index (χ3n) is 4.68. The highest BCUT2D eigenvalue weighted by molar-refractivity contribution is 7.87. The van der Waals surface area contributed by atoms with Crippen LogP contribution in [0.3, 0.4) is 0 Å². The Labute approximate surface area is 153 Å². The highest BCUT2D eigenvalue weighted by Gasteiger charge is 2.31. The van der Waals surface area contributed by atoms with Crippen LogP contribution < -0.4 is 4.72 Å². The summed E-state index contributed by atoms with van der Waals surface area (Å²) in [5.74, 6) is -0.407. The van der Waals surface area contributed by atoms with Gasteiger partial charge in [-0.15, -0.1) is 0 Å². The zero-order chi connectivity index (χ0) is 17.9. The molecule has 1 aromatic carbocycles. The summed E-state index contributed by atoms with van der Waals surface area (Å²) < 4.78 is 48.6. The van der Waals surface area contributed by atoms with Crippen LogP contribution in [0.25, 0.3) is 0 Å². The Balaban J connectivity index is 1.78. The molecule has 0 aliphatic carbocycles. The minimum atomic E-state index is -3.63. The molecule has 1 unspecified atom stereocenters. The smallest absolute Gasteiger partial charge is 0.279 e. The van der Waals surface area contributed by atoms with Crippen LogP contribution in [0.2, 0.25) is 5.02 Å². The van der Waals surface area contributed by atoms with Crippen molar-refractivity contribution in [1.29, 1.82) is 0 Å². The number of nitrogens with one attached hydrogen (secondary N) is 1. The van der Waals surface area contributed by atoms with Gasteiger partial charge in [0.1, 0.15) is 5.82 Å². The zero-order valence-electron chi connectivity index (χ0n) is 14.0. The summed E-state index contributed by atoms with van der Waals surface area (Å²) in [6.07, 6.45) is 2.03. The summed E-state index contributed by atoms with van der Waals surface area (Å²) in [4.78, 5) is 2.09. The van der Waals surface area contributed by atoms with Crippen LogP contribution in [0.1, 0.15) is 24.4 Å². The van der Waals surface area contributed by atoms with Crippen LogP contribution >= 0.6 is 11.6 Å². The second-order valence-electron chi connectivity index (χ2n) is 6.26. The Hall–Kier alpha value is -0.770. The van der Waals surface area contributed by atoms with Crippen molar-refractivity contribution >= 4 is 21.8 Å². The highest BCUT2D eigenvalue weighted by atomic mass is 35.5. The average molecular weight is 392 g/mol. The zero-order valence-corrected chi connectivity index (χ0v) is 15.5. The molecule has 1 N–H and O–H groups in total. The highest BCUT2D eigenvalue weighted by Crippen LogP contribution is 2.32. The fraction of sp³-hybridized carbons (Fsp3) is 0.625. The molecule has 3 rings (SSSR count). The van der Waals surface area contributed by atoms with Gasteiger partial charge in [0.15, 0.2) is 0 Å². The van der Waals surface area contributed by atoms with Gasteiger partial charge < -0.3 is 4.74 Å². The van der Waals surface area contributed by atoms with E-state index in [1.165, 1.54) is 10.4 Å². The standard InChI is InChI=1S/C16H23ClFN3O3S/c17-13-4-3-5-14(18)16(13)15(20-6-1-2-7-20)12-19-25(22,23)21-8-10-24-11-9-21/h3-5,15,19H,1-2,6-12H2. The first-order valence-corrected chi connectivity index (χ1v) is 10.3. The maximum atomic E-state index is 14.4. The molecule has 140 valence electrons. The second-order valence-corrected chi connectivity index (χ2v) is 8.42. The number of likely N-dealkylation sites (tertiary alicyclic amines) is 1. The van der Waals surface area contributed by atoms with E-state index in [1.807, 2.05) is 0 Å². The summed E-state index contributed by atoms with van der Waals surface area (Å²) >= 11 is 6.23. The first-order chi connectivity index (χ1) is 12.0. The number of benzene rings is 1. The number of morpholine rings is 1. The van der Waals surface area contributed by atoms with Gasteiger partial charge in [0.05, 0.1) is 19.3 Å². The van der Waals surface area contributed by atoms with E-state index >= 15 is 0 Å². The van der Waals surface area contributed by atoms with Crippen LogP contribution in [-0.4, -0.2) is 63.6 Å². The van der Waals surface area contributed by atoms with Crippen molar-refractivity contribution in [3.05, 3.63) is 34.6 Å². The molecule has 0 saturated carbocycles. The Morgan fingerprint density at radius 3 is 2.52 bits per heavy atom. The van der Waals surface area contributed by atoms with Crippen LogP contribution in [0.15, 0.2) is 18.2 Å². The van der Waals surface area contributed by atoms with E-state index in [9.17, 15) is 12.8 Å². The van der Waals surface area contributed by atoms with Crippen molar-refractivity contribution in [2.75, 3.05) is 45.9 Å². The molecule has 0 radical (unpaired) electrons. The number of ether oxygens (including phenoxy) is 1. The molecular formula is C16H23ClFN3O3S. The maximum Gasteiger partial charge on any atom is 0.279 e. The molecule has 0 spiro atoms. The summed E-state index contributed by atoms with van der Waals surface area (Å²) in [6.45, 7) is 3.10. The number of halogens is 2. The number of rotatable bonds is 6. The van der Waals surface area contributed by atoms with E-state index in [0.29, 0.717) is 36.9 Å². The fourth-order valence-corrected chi connectivity index (χ4v) is 4.83. The van der Waals surface area contributed by atoms with E-state index in [4.69, 9.17) is 16.3 Å². The summed E-state index contributed by atoms with van der Waals surface area (Å²) in [6, 6.07) is 4.13. The molecule has 2 fully saturated rings. The van der Waals surface area contributed by atoms with Gasteiger partial charge in [0.25, 0.3) is 10.2 Å². The predicted molar refractivity (Wildman–Crippen MR) is 94.3 cm³/mol. The second kappa shape index (κ2) is 8.28. The van der Waals surface area contributed by atoms with Crippen molar-refractivity contribution < 1.29 is 17.5 Å². The van der Waals surface area contributed by atoms with Crippen molar-refractivity contribution in [2.45, 2.75) is 18.9 Å². The predicted octanol–water partition coefficient (Wildman–Crippen LogP) is 1.78.